The summed E-state index contributed by atoms with van der Waals surface area (Å²) in [5.74, 6) is 0.908. The first-order valence-corrected chi connectivity index (χ1v) is 10.6. The molecule has 7 heteroatoms. The second-order valence-electron chi connectivity index (χ2n) is 7.93. The third-order valence-corrected chi connectivity index (χ3v) is 5.40. The summed E-state index contributed by atoms with van der Waals surface area (Å²) in [4.78, 5) is 5.23. The van der Waals surface area contributed by atoms with Crippen molar-refractivity contribution in [1.29, 1.82) is 0 Å². The van der Waals surface area contributed by atoms with Crippen molar-refractivity contribution < 1.29 is 23.0 Å². The average Bonchev–Trinajstić information content (AvgIpc) is 2.83. The summed E-state index contributed by atoms with van der Waals surface area (Å²) in [5.41, 5.74) is -0.900. The second-order valence-corrected chi connectivity index (χ2v) is 7.93. The van der Waals surface area contributed by atoms with Crippen LogP contribution >= 0.6 is 0 Å². The number of hydrogen-bond acceptors (Lipinski definition) is 4. The molecule has 0 fully saturated rings. The van der Waals surface area contributed by atoms with Crippen LogP contribution in [0, 0.1) is 0 Å². The molecule has 0 aliphatic heterocycles. The van der Waals surface area contributed by atoms with Crippen molar-refractivity contribution in [3.63, 3.8) is 0 Å². The first-order valence-electron chi connectivity index (χ1n) is 10.6. The van der Waals surface area contributed by atoms with Gasteiger partial charge in [-0.25, -0.2) is 0 Å². The van der Waals surface area contributed by atoms with E-state index in [1.54, 1.807) is 66.9 Å². The van der Waals surface area contributed by atoms with Crippen molar-refractivity contribution in [2.45, 2.75) is 25.4 Å². The predicted molar refractivity (Wildman–Crippen MR) is 125 cm³/mol. The van der Waals surface area contributed by atoms with Crippen LogP contribution in [0.4, 0.5) is 18.9 Å². The van der Waals surface area contributed by atoms with Crippen molar-refractivity contribution in [3.8, 4) is 22.8 Å². The lowest BCUT2D eigenvalue weighted by atomic mass is 10.0. The number of rotatable bonds is 7. The van der Waals surface area contributed by atoms with E-state index in [1.807, 2.05) is 24.3 Å². The number of pyridine rings is 1. The van der Waals surface area contributed by atoms with E-state index >= 15 is 0 Å². The summed E-state index contributed by atoms with van der Waals surface area (Å²) in [6.07, 6.45) is -3.25. The van der Waals surface area contributed by atoms with Crippen LogP contribution in [0.15, 0.2) is 103 Å². The van der Waals surface area contributed by atoms with Crippen LogP contribution in [0.1, 0.15) is 12.5 Å². The number of alkyl halides is 3. The topological polar surface area (TPSA) is 45.6 Å². The Morgan fingerprint density at radius 1 is 0.824 bits per heavy atom. The number of hydrogen-bond donors (Lipinski definition) is 1. The molecule has 1 aromatic heterocycles. The maximum absolute atomic E-state index is 13.9. The molecule has 0 saturated carbocycles. The van der Waals surface area contributed by atoms with E-state index in [4.69, 9.17) is 4.74 Å². The van der Waals surface area contributed by atoms with Crippen molar-refractivity contribution in [3.05, 3.63) is 109 Å². The largest absolute Gasteiger partial charge is 0.457 e. The number of para-hydroxylation sites is 1. The van der Waals surface area contributed by atoms with Gasteiger partial charge in [0.2, 0.25) is 5.72 Å². The molecule has 0 bridgehead atoms. The average molecular weight is 464 g/mol. The van der Waals surface area contributed by atoms with Crippen LogP contribution in [0.2, 0.25) is 0 Å². The number of nitrogens with zero attached hydrogens (tertiary/aromatic N) is 2. The Hall–Kier alpha value is -3.84. The van der Waals surface area contributed by atoms with E-state index < -0.39 is 11.9 Å². The molecule has 174 valence electrons. The molecule has 3 aromatic carbocycles. The fourth-order valence-electron chi connectivity index (χ4n) is 3.53. The van der Waals surface area contributed by atoms with Gasteiger partial charge in [0.25, 0.3) is 0 Å². The molecule has 1 atom stereocenters. The van der Waals surface area contributed by atoms with Gasteiger partial charge in [-0.2, -0.15) is 13.2 Å². The smallest absolute Gasteiger partial charge is 0.436 e. The van der Waals surface area contributed by atoms with Crippen LogP contribution in [0.5, 0.6) is 11.5 Å². The molecule has 0 spiro atoms. The Kier molecular flexibility index (Phi) is 6.56. The molecule has 34 heavy (non-hydrogen) atoms. The van der Waals surface area contributed by atoms with Crippen LogP contribution in [-0.2, 0) is 6.54 Å². The van der Waals surface area contributed by atoms with Gasteiger partial charge in [0, 0.05) is 30.1 Å². The van der Waals surface area contributed by atoms with Crippen molar-refractivity contribution in [1.82, 2.24) is 4.98 Å². The van der Waals surface area contributed by atoms with Gasteiger partial charge in [-0.1, -0.05) is 48.5 Å². The molecule has 0 amide bonds. The number of benzene rings is 3. The minimum atomic E-state index is -4.90. The minimum Gasteiger partial charge on any atom is -0.457 e. The lowest BCUT2D eigenvalue weighted by molar-refractivity contribution is -0.253. The molecule has 0 saturated heterocycles. The number of halogens is 3. The van der Waals surface area contributed by atoms with E-state index in [0.717, 1.165) is 17.4 Å². The normalized spacial score (nSPS) is 13.2. The maximum atomic E-state index is 13.9. The molecule has 0 aliphatic carbocycles. The van der Waals surface area contributed by atoms with E-state index in [-0.39, 0.29) is 12.2 Å². The molecule has 0 radical (unpaired) electrons. The van der Waals surface area contributed by atoms with Crippen molar-refractivity contribution in [2.24, 2.45) is 0 Å². The first-order chi connectivity index (χ1) is 16.2. The predicted octanol–water partition coefficient (Wildman–Crippen LogP) is 6.82. The summed E-state index contributed by atoms with van der Waals surface area (Å²) in [7, 11) is 0. The molecule has 1 N–H and O–H groups in total. The van der Waals surface area contributed by atoms with E-state index in [0.29, 0.717) is 22.8 Å². The van der Waals surface area contributed by atoms with Crippen LogP contribution in [0.3, 0.4) is 0 Å². The van der Waals surface area contributed by atoms with E-state index in [2.05, 4.69) is 4.98 Å². The zero-order valence-corrected chi connectivity index (χ0v) is 18.4. The lowest BCUT2D eigenvalue weighted by Crippen LogP contribution is -2.56. The summed E-state index contributed by atoms with van der Waals surface area (Å²) in [5, 5.41) is 10.6. The summed E-state index contributed by atoms with van der Waals surface area (Å²) in [6, 6.07) is 27.7. The molecule has 0 aliphatic rings. The van der Waals surface area contributed by atoms with E-state index in [1.165, 1.54) is 12.1 Å². The lowest BCUT2D eigenvalue weighted by Gasteiger charge is -2.40. The Morgan fingerprint density at radius 3 is 2.24 bits per heavy atom. The zero-order valence-electron chi connectivity index (χ0n) is 18.4. The van der Waals surface area contributed by atoms with Gasteiger partial charge < -0.3 is 14.7 Å². The monoisotopic (exact) mass is 464 g/mol. The van der Waals surface area contributed by atoms with Gasteiger partial charge in [-0.3, -0.25) is 4.98 Å². The molecular formula is C27H23F3N2O2. The summed E-state index contributed by atoms with van der Waals surface area (Å²) < 4.78 is 47.6. The highest BCUT2D eigenvalue weighted by atomic mass is 19.4. The van der Waals surface area contributed by atoms with Crippen LogP contribution in [0.25, 0.3) is 11.3 Å². The fourth-order valence-corrected chi connectivity index (χ4v) is 3.53. The third kappa shape index (κ3) is 5.21. The highest BCUT2D eigenvalue weighted by Crippen LogP contribution is 2.39. The van der Waals surface area contributed by atoms with Gasteiger partial charge in [0.1, 0.15) is 11.5 Å². The minimum absolute atomic E-state index is 0.166. The summed E-state index contributed by atoms with van der Waals surface area (Å²) >= 11 is 0. The van der Waals surface area contributed by atoms with Gasteiger partial charge in [-0.05, 0) is 55.0 Å². The van der Waals surface area contributed by atoms with Gasteiger partial charge in [0.15, 0.2) is 0 Å². The van der Waals surface area contributed by atoms with Crippen LogP contribution in [-0.4, -0.2) is 22.0 Å². The SMILES string of the molecule is CC(O)(N(Cc1cccc(-c2ccccn2)c1)c1cccc(Oc2ccccc2)c1)C(F)(F)F. The first kappa shape index (κ1) is 23.3. The molecule has 4 nitrogen and oxygen atoms in total. The molecule has 4 aromatic rings. The maximum Gasteiger partial charge on any atom is 0.436 e. The van der Waals surface area contributed by atoms with Gasteiger partial charge in [0.05, 0.1) is 5.69 Å². The standard InChI is InChI=1S/C27H23F3N2O2/c1-26(33,27(28,29)30)32(19-20-9-7-10-21(17-20)25-15-5-6-16-31-25)22-11-8-14-24(18-22)34-23-12-3-2-4-13-23/h2-18,33H,19H2,1H3. The third-order valence-electron chi connectivity index (χ3n) is 5.40. The molecule has 1 heterocycles. The van der Waals surface area contributed by atoms with Gasteiger partial charge in [-0.15, -0.1) is 0 Å². The Morgan fingerprint density at radius 2 is 1.53 bits per heavy atom. The highest BCUT2D eigenvalue weighted by molar-refractivity contribution is 5.60. The fraction of sp³-hybridized carbons (Fsp3) is 0.148. The van der Waals surface area contributed by atoms with Gasteiger partial charge >= 0.3 is 6.18 Å². The Bertz CT molecular complexity index is 1230. The zero-order chi connectivity index (χ0) is 24.2. The Balaban J connectivity index is 1.70. The highest BCUT2D eigenvalue weighted by Gasteiger charge is 2.54. The number of aromatic nitrogens is 1. The molecule has 4 rings (SSSR count). The molecular weight excluding hydrogens is 441 g/mol. The Labute approximate surface area is 195 Å². The number of ether oxygens (including phenoxy) is 1. The van der Waals surface area contributed by atoms with E-state index in [9.17, 15) is 18.3 Å². The van der Waals surface area contributed by atoms with Crippen molar-refractivity contribution >= 4 is 5.69 Å². The summed E-state index contributed by atoms with van der Waals surface area (Å²) in [6.45, 7) is 0.558. The number of anilines is 1. The molecule has 1 unspecified atom stereocenters. The second kappa shape index (κ2) is 9.57. The van der Waals surface area contributed by atoms with Crippen molar-refractivity contribution in [2.75, 3.05) is 4.90 Å². The number of aliphatic hydroxyl groups is 1. The quantitative estimate of drug-likeness (QED) is 0.305. The van der Waals surface area contributed by atoms with Crippen LogP contribution < -0.4 is 9.64 Å².